The van der Waals surface area contributed by atoms with Crippen LogP contribution in [0.25, 0.3) is 0 Å². The molecule has 2 heteroatoms. The van der Waals surface area contributed by atoms with Crippen molar-refractivity contribution < 1.29 is 10.2 Å². The van der Waals surface area contributed by atoms with Crippen molar-refractivity contribution in [3.8, 4) is 0 Å². The predicted octanol–water partition coefficient (Wildman–Crippen LogP) is 1.32. The molecule has 1 radical (unpaired) electrons. The van der Waals surface area contributed by atoms with E-state index in [1.54, 1.807) is 0 Å². The van der Waals surface area contributed by atoms with Gasteiger partial charge in [0.25, 0.3) is 0 Å². The molecule has 0 aromatic carbocycles. The Balaban J connectivity index is 2.23. The van der Waals surface area contributed by atoms with Crippen molar-refractivity contribution in [2.75, 3.05) is 0 Å². The maximum Gasteiger partial charge on any atom is 0.191 e. The van der Waals surface area contributed by atoms with E-state index in [2.05, 4.69) is 0 Å². The summed E-state index contributed by atoms with van der Waals surface area (Å²) in [7, 11) is 0. The van der Waals surface area contributed by atoms with Crippen LogP contribution in [-0.2, 0) is 5.11 Å². The largest absolute Gasteiger partial charge is 0.365 e. The Labute approximate surface area is 55.5 Å². The fourth-order valence-corrected chi connectivity index (χ4v) is 1.42. The zero-order chi connectivity index (χ0) is 6.69. The van der Waals surface area contributed by atoms with E-state index in [0.29, 0.717) is 0 Å². The van der Waals surface area contributed by atoms with Gasteiger partial charge in [-0.15, -0.1) is 0 Å². The fourth-order valence-electron chi connectivity index (χ4n) is 1.42. The van der Waals surface area contributed by atoms with Gasteiger partial charge in [0, 0.05) is 5.92 Å². The minimum atomic E-state index is -1.31. The molecule has 1 N–H and O–H groups in total. The van der Waals surface area contributed by atoms with Gasteiger partial charge in [0.2, 0.25) is 0 Å². The molecule has 0 heterocycles. The normalized spacial score (nSPS) is 23.0. The van der Waals surface area contributed by atoms with Crippen molar-refractivity contribution in [3.63, 3.8) is 0 Å². The van der Waals surface area contributed by atoms with Gasteiger partial charge < -0.3 is 5.11 Å². The Kier molecular flexibility index (Phi) is 2.49. The van der Waals surface area contributed by atoms with E-state index in [1.165, 1.54) is 6.42 Å². The standard InChI is InChI=1S/C7H13O2/c8-7(9)6-4-2-1-3-5-6/h6-8H,1-5H2. The molecule has 9 heavy (non-hydrogen) atoms. The molecule has 0 aromatic rings. The molecule has 0 saturated heterocycles. The third-order valence-corrected chi connectivity index (χ3v) is 2.05. The third kappa shape index (κ3) is 1.95. The molecule has 0 amide bonds. The van der Waals surface area contributed by atoms with Gasteiger partial charge in [-0.2, -0.15) is 0 Å². The van der Waals surface area contributed by atoms with Crippen molar-refractivity contribution in [1.82, 2.24) is 0 Å². The van der Waals surface area contributed by atoms with Crippen molar-refractivity contribution in [3.05, 3.63) is 0 Å². The smallest absolute Gasteiger partial charge is 0.191 e. The molecule has 0 aromatic heterocycles. The first-order chi connectivity index (χ1) is 4.30. The number of aliphatic hydroxyl groups is 1. The molecular weight excluding hydrogens is 116 g/mol. The van der Waals surface area contributed by atoms with Gasteiger partial charge in [-0.3, -0.25) is 0 Å². The molecular formula is C7H13O2. The molecule has 1 atom stereocenters. The number of hydrogen-bond acceptors (Lipinski definition) is 1. The highest BCUT2D eigenvalue weighted by Gasteiger charge is 2.20. The monoisotopic (exact) mass is 129 g/mol. The van der Waals surface area contributed by atoms with Gasteiger partial charge in [-0.05, 0) is 12.8 Å². The van der Waals surface area contributed by atoms with Crippen LogP contribution in [0.4, 0.5) is 0 Å². The van der Waals surface area contributed by atoms with E-state index in [1.807, 2.05) is 0 Å². The molecule has 1 aliphatic rings. The lowest BCUT2D eigenvalue weighted by Crippen LogP contribution is -2.20. The minimum absolute atomic E-state index is 0.0544. The summed E-state index contributed by atoms with van der Waals surface area (Å²) in [5.74, 6) is 0.0544. The first kappa shape index (κ1) is 7.03. The Bertz CT molecular complexity index is 75.0. The van der Waals surface area contributed by atoms with Crippen molar-refractivity contribution >= 4 is 0 Å². The summed E-state index contributed by atoms with van der Waals surface area (Å²) < 4.78 is 0. The lowest BCUT2D eigenvalue weighted by molar-refractivity contribution is -0.137. The highest BCUT2D eigenvalue weighted by atomic mass is 16.5. The Morgan fingerprint density at radius 2 is 1.78 bits per heavy atom. The molecule has 0 aliphatic heterocycles. The first-order valence-corrected chi connectivity index (χ1v) is 3.64. The summed E-state index contributed by atoms with van der Waals surface area (Å²) in [5.41, 5.74) is 0. The second-order valence-electron chi connectivity index (χ2n) is 2.79. The summed E-state index contributed by atoms with van der Waals surface area (Å²) in [6.07, 6.45) is 4.05. The number of hydrogen-bond donors (Lipinski definition) is 1. The summed E-state index contributed by atoms with van der Waals surface area (Å²) in [5, 5.41) is 19.1. The summed E-state index contributed by atoms with van der Waals surface area (Å²) in [6.45, 7) is 0. The zero-order valence-corrected chi connectivity index (χ0v) is 5.55. The average molecular weight is 129 g/mol. The SMILES string of the molecule is [O]C(O)C1CCCCC1. The second-order valence-corrected chi connectivity index (χ2v) is 2.79. The lowest BCUT2D eigenvalue weighted by Gasteiger charge is -2.21. The van der Waals surface area contributed by atoms with E-state index < -0.39 is 6.29 Å². The van der Waals surface area contributed by atoms with Gasteiger partial charge >= 0.3 is 0 Å². The summed E-state index contributed by atoms with van der Waals surface area (Å²) in [4.78, 5) is 0. The average Bonchev–Trinajstić information content (AvgIpc) is 1.90. The molecule has 0 spiro atoms. The van der Waals surface area contributed by atoms with Crippen LogP contribution in [0, 0.1) is 5.92 Å². The van der Waals surface area contributed by atoms with Crippen molar-refractivity contribution in [2.24, 2.45) is 5.92 Å². The van der Waals surface area contributed by atoms with E-state index in [4.69, 9.17) is 5.11 Å². The van der Waals surface area contributed by atoms with Crippen LogP contribution < -0.4 is 0 Å². The Morgan fingerprint density at radius 1 is 1.22 bits per heavy atom. The highest BCUT2D eigenvalue weighted by Crippen LogP contribution is 2.25. The number of aliphatic hydroxyl groups excluding tert-OH is 1. The van der Waals surface area contributed by atoms with E-state index in [9.17, 15) is 5.11 Å². The molecule has 1 aliphatic carbocycles. The molecule has 53 valence electrons. The van der Waals surface area contributed by atoms with Gasteiger partial charge in [-0.25, -0.2) is 5.11 Å². The van der Waals surface area contributed by atoms with Crippen LogP contribution in [0.5, 0.6) is 0 Å². The van der Waals surface area contributed by atoms with Crippen LogP contribution in [0.3, 0.4) is 0 Å². The van der Waals surface area contributed by atoms with Gasteiger partial charge in [-0.1, -0.05) is 19.3 Å². The van der Waals surface area contributed by atoms with Crippen LogP contribution >= 0.6 is 0 Å². The molecule has 0 bridgehead atoms. The Morgan fingerprint density at radius 3 is 2.11 bits per heavy atom. The Hall–Kier alpha value is -0.0800. The molecule has 2 nitrogen and oxygen atoms in total. The lowest BCUT2D eigenvalue weighted by atomic mass is 9.89. The van der Waals surface area contributed by atoms with Crippen LogP contribution in [-0.4, -0.2) is 11.4 Å². The van der Waals surface area contributed by atoms with Crippen LogP contribution in [0.15, 0.2) is 0 Å². The minimum Gasteiger partial charge on any atom is -0.365 e. The highest BCUT2D eigenvalue weighted by molar-refractivity contribution is 4.66. The molecule has 1 saturated carbocycles. The van der Waals surface area contributed by atoms with Crippen LogP contribution in [0.1, 0.15) is 32.1 Å². The van der Waals surface area contributed by atoms with E-state index in [0.717, 1.165) is 25.7 Å². The predicted molar refractivity (Wildman–Crippen MR) is 33.3 cm³/mol. The van der Waals surface area contributed by atoms with E-state index >= 15 is 0 Å². The molecule has 1 fully saturated rings. The fraction of sp³-hybridized carbons (Fsp3) is 1.00. The van der Waals surface area contributed by atoms with Gasteiger partial charge in [0.05, 0.1) is 0 Å². The quantitative estimate of drug-likeness (QED) is 0.533. The van der Waals surface area contributed by atoms with E-state index in [-0.39, 0.29) is 5.92 Å². The zero-order valence-electron chi connectivity index (χ0n) is 5.55. The topological polar surface area (TPSA) is 40.1 Å². The molecule has 1 rings (SSSR count). The first-order valence-electron chi connectivity index (χ1n) is 3.64. The maximum absolute atomic E-state index is 10.4. The van der Waals surface area contributed by atoms with Gasteiger partial charge in [0.15, 0.2) is 6.29 Å². The molecule has 1 unspecified atom stereocenters. The van der Waals surface area contributed by atoms with Crippen molar-refractivity contribution in [1.29, 1.82) is 0 Å². The summed E-state index contributed by atoms with van der Waals surface area (Å²) >= 11 is 0. The van der Waals surface area contributed by atoms with Crippen LogP contribution in [0.2, 0.25) is 0 Å². The third-order valence-electron chi connectivity index (χ3n) is 2.05. The van der Waals surface area contributed by atoms with Gasteiger partial charge in [0.1, 0.15) is 0 Å². The summed E-state index contributed by atoms with van der Waals surface area (Å²) in [6, 6.07) is 0. The van der Waals surface area contributed by atoms with Crippen molar-refractivity contribution in [2.45, 2.75) is 38.4 Å². The number of rotatable bonds is 1. The maximum atomic E-state index is 10.4. The second kappa shape index (κ2) is 3.18.